The van der Waals surface area contributed by atoms with Crippen molar-refractivity contribution in [2.45, 2.75) is 63.4 Å². The molecule has 3 aromatic rings. The van der Waals surface area contributed by atoms with Crippen molar-refractivity contribution >= 4 is 22.5 Å². The number of nitrogens with two attached hydrogens (primary N) is 1. The molecule has 0 bridgehead atoms. The van der Waals surface area contributed by atoms with Gasteiger partial charge in [0, 0.05) is 34.2 Å². The zero-order valence-corrected chi connectivity index (χ0v) is 19.9. The first-order valence-electron chi connectivity index (χ1n) is 11.7. The van der Waals surface area contributed by atoms with Crippen LogP contribution in [0.5, 0.6) is 11.5 Å². The molecule has 7 nitrogen and oxygen atoms in total. The van der Waals surface area contributed by atoms with Gasteiger partial charge in [-0.3, -0.25) is 4.79 Å². The third-order valence-corrected chi connectivity index (χ3v) is 6.73. The number of amides is 1. The second-order valence-corrected chi connectivity index (χ2v) is 10.4. The maximum absolute atomic E-state index is 13.4. The normalized spacial score (nSPS) is 18.5. The molecule has 1 aromatic heterocycles. The largest absolute Gasteiger partial charge is 0.586 e. The number of aromatic nitrogens is 1. The van der Waals surface area contributed by atoms with E-state index in [0.717, 1.165) is 16.6 Å². The molecule has 1 atom stereocenters. The lowest BCUT2D eigenvalue weighted by molar-refractivity contribution is -0.286. The highest BCUT2D eigenvalue weighted by Crippen LogP contribution is 2.52. The first-order valence-corrected chi connectivity index (χ1v) is 11.7. The summed E-state index contributed by atoms with van der Waals surface area (Å²) in [4.78, 5) is 13.3. The number of aliphatic hydroxyl groups excluding tert-OH is 1. The second-order valence-electron chi connectivity index (χ2n) is 10.4. The fourth-order valence-corrected chi connectivity index (χ4v) is 4.72. The van der Waals surface area contributed by atoms with Gasteiger partial charge in [-0.2, -0.15) is 0 Å². The van der Waals surface area contributed by atoms with E-state index in [1.54, 1.807) is 6.07 Å². The molecular weight excluding hydrogens is 456 g/mol. The van der Waals surface area contributed by atoms with E-state index < -0.39 is 17.8 Å². The average Bonchev–Trinajstić information content (AvgIpc) is 3.42. The van der Waals surface area contributed by atoms with Crippen molar-refractivity contribution in [2.75, 3.05) is 11.9 Å². The number of hydrogen-bond donors (Lipinski definition) is 3. The Kier molecular flexibility index (Phi) is 5.34. The summed E-state index contributed by atoms with van der Waals surface area (Å²) in [6, 6.07) is 12.2. The number of benzene rings is 2. The standard InChI is InChI=1S/C26H29F2N3O4/c1-24(2,3)22-11-15-10-17(5-6-19(15)31(22)14-18(32)13-29)30-23(33)25(8-9-25)16-4-7-20-21(12-16)35-26(27,28)34-20/h4-7,10-12,18,32H,8-9,13-14,29H2,1-3H3,(H,30,33). The van der Waals surface area contributed by atoms with Gasteiger partial charge in [0.2, 0.25) is 5.91 Å². The first kappa shape index (κ1) is 23.6. The summed E-state index contributed by atoms with van der Waals surface area (Å²) in [7, 11) is 0. The minimum atomic E-state index is -3.70. The predicted octanol–water partition coefficient (Wildman–Crippen LogP) is 4.25. The Morgan fingerprint density at radius 3 is 2.51 bits per heavy atom. The molecule has 186 valence electrons. The number of nitrogens with one attached hydrogen (secondary N) is 1. The van der Waals surface area contributed by atoms with Crippen LogP contribution in [-0.2, 0) is 22.2 Å². The number of fused-ring (bicyclic) bond motifs is 2. The summed E-state index contributed by atoms with van der Waals surface area (Å²) < 4.78 is 37.9. The minimum absolute atomic E-state index is 0.0423. The van der Waals surface area contributed by atoms with Crippen LogP contribution in [0.4, 0.5) is 14.5 Å². The molecule has 0 radical (unpaired) electrons. The highest BCUT2D eigenvalue weighted by Gasteiger charge is 2.52. The molecule has 0 saturated heterocycles. The third-order valence-electron chi connectivity index (χ3n) is 6.73. The fourth-order valence-electron chi connectivity index (χ4n) is 4.72. The lowest BCUT2D eigenvalue weighted by atomic mass is 9.92. The highest BCUT2D eigenvalue weighted by atomic mass is 19.3. The van der Waals surface area contributed by atoms with Gasteiger partial charge in [0.15, 0.2) is 11.5 Å². The van der Waals surface area contributed by atoms with E-state index in [-0.39, 0.29) is 29.4 Å². The Balaban J connectivity index is 1.42. The molecule has 5 rings (SSSR count). The lowest BCUT2D eigenvalue weighted by Crippen LogP contribution is -2.28. The Morgan fingerprint density at radius 2 is 1.86 bits per heavy atom. The third kappa shape index (κ3) is 4.23. The monoisotopic (exact) mass is 485 g/mol. The van der Waals surface area contributed by atoms with Crippen LogP contribution in [0.25, 0.3) is 10.9 Å². The van der Waals surface area contributed by atoms with Crippen molar-refractivity contribution in [2.24, 2.45) is 5.73 Å². The predicted molar refractivity (Wildman–Crippen MR) is 128 cm³/mol. The molecule has 1 aliphatic heterocycles. The number of anilines is 1. The SMILES string of the molecule is CC(C)(C)c1cc2cc(NC(=O)C3(c4ccc5c(c4)OC(F)(F)O5)CC3)ccc2n1CC(O)CN. The van der Waals surface area contributed by atoms with Crippen LogP contribution in [0.1, 0.15) is 44.9 Å². The number of halogens is 2. The topological polar surface area (TPSA) is 98.7 Å². The van der Waals surface area contributed by atoms with Gasteiger partial charge in [0.1, 0.15) is 0 Å². The maximum atomic E-state index is 13.4. The molecule has 1 aliphatic carbocycles. The second kappa shape index (κ2) is 7.93. The Hall–Kier alpha value is -3.17. The van der Waals surface area contributed by atoms with E-state index in [0.29, 0.717) is 30.6 Å². The van der Waals surface area contributed by atoms with Gasteiger partial charge < -0.3 is 30.2 Å². The fraction of sp³-hybridized carbons (Fsp3) is 0.423. The van der Waals surface area contributed by atoms with Gasteiger partial charge in [-0.15, -0.1) is 8.78 Å². The number of rotatable bonds is 6. The molecular formula is C26H29F2N3O4. The van der Waals surface area contributed by atoms with Crippen LogP contribution in [0.3, 0.4) is 0 Å². The van der Waals surface area contributed by atoms with Crippen molar-refractivity contribution in [3.8, 4) is 11.5 Å². The van der Waals surface area contributed by atoms with Crippen LogP contribution < -0.4 is 20.5 Å². The zero-order chi connectivity index (χ0) is 25.2. The molecule has 9 heteroatoms. The molecule has 1 saturated carbocycles. The highest BCUT2D eigenvalue weighted by molar-refractivity contribution is 6.02. The van der Waals surface area contributed by atoms with Crippen LogP contribution in [0, 0.1) is 0 Å². The number of aliphatic hydroxyl groups is 1. The molecule has 0 spiro atoms. The summed E-state index contributed by atoms with van der Waals surface area (Å²) in [6.07, 6.45) is -3.14. The molecule has 2 heterocycles. The number of alkyl halides is 2. The van der Waals surface area contributed by atoms with Crippen molar-refractivity contribution in [3.63, 3.8) is 0 Å². The van der Waals surface area contributed by atoms with Gasteiger partial charge in [-0.05, 0) is 54.8 Å². The number of hydrogen-bond acceptors (Lipinski definition) is 5. The van der Waals surface area contributed by atoms with Gasteiger partial charge in [0.25, 0.3) is 0 Å². The van der Waals surface area contributed by atoms with Crippen molar-refractivity contribution in [1.82, 2.24) is 4.57 Å². The average molecular weight is 486 g/mol. The molecule has 4 N–H and O–H groups in total. The summed E-state index contributed by atoms with van der Waals surface area (Å²) in [5.74, 6) is -0.306. The number of nitrogens with zero attached hydrogens (tertiary/aromatic N) is 1. The quantitative estimate of drug-likeness (QED) is 0.485. The van der Waals surface area contributed by atoms with E-state index in [4.69, 9.17) is 5.73 Å². The first-order chi connectivity index (χ1) is 16.4. The molecule has 1 unspecified atom stereocenters. The van der Waals surface area contributed by atoms with Gasteiger partial charge in [-0.1, -0.05) is 26.8 Å². The maximum Gasteiger partial charge on any atom is 0.586 e. The summed E-state index contributed by atoms with van der Waals surface area (Å²) in [5, 5.41) is 14.1. The number of ether oxygens (including phenoxy) is 2. The molecule has 35 heavy (non-hydrogen) atoms. The van der Waals surface area contributed by atoms with Crippen LogP contribution in [0.2, 0.25) is 0 Å². The Labute approximate surface area is 201 Å². The van der Waals surface area contributed by atoms with E-state index >= 15 is 0 Å². The summed E-state index contributed by atoms with van der Waals surface area (Å²) in [5.41, 5.74) is 7.94. The number of carbonyl (C=O) groups excluding carboxylic acids is 1. The van der Waals surface area contributed by atoms with E-state index in [9.17, 15) is 18.7 Å². The van der Waals surface area contributed by atoms with Crippen LogP contribution in [0.15, 0.2) is 42.5 Å². The van der Waals surface area contributed by atoms with Gasteiger partial charge >= 0.3 is 6.29 Å². The lowest BCUT2D eigenvalue weighted by Gasteiger charge is -2.23. The van der Waals surface area contributed by atoms with E-state index in [1.165, 1.54) is 12.1 Å². The summed E-state index contributed by atoms with van der Waals surface area (Å²) in [6.45, 7) is 6.86. The van der Waals surface area contributed by atoms with Crippen LogP contribution >= 0.6 is 0 Å². The zero-order valence-electron chi connectivity index (χ0n) is 19.9. The minimum Gasteiger partial charge on any atom is -0.395 e. The van der Waals surface area contributed by atoms with Gasteiger partial charge in [0.05, 0.1) is 18.1 Å². The Morgan fingerprint density at radius 1 is 1.14 bits per heavy atom. The smallest absolute Gasteiger partial charge is 0.395 e. The molecule has 1 amide bonds. The van der Waals surface area contributed by atoms with Crippen molar-refractivity contribution in [3.05, 3.63) is 53.7 Å². The van der Waals surface area contributed by atoms with Crippen molar-refractivity contribution in [1.29, 1.82) is 0 Å². The van der Waals surface area contributed by atoms with Crippen molar-refractivity contribution < 1.29 is 28.2 Å². The van der Waals surface area contributed by atoms with Crippen LogP contribution in [-0.4, -0.2) is 34.5 Å². The molecule has 2 aromatic carbocycles. The number of carbonyl (C=O) groups is 1. The van der Waals surface area contributed by atoms with E-state index in [2.05, 4.69) is 46.2 Å². The van der Waals surface area contributed by atoms with E-state index in [1.807, 2.05) is 18.2 Å². The molecule has 2 aliphatic rings. The molecule has 1 fully saturated rings. The van der Waals surface area contributed by atoms with Gasteiger partial charge in [-0.25, -0.2) is 0 Å². The Bertz CT molecular complexity index is 1310. The summed E-state index contributed by atoms with van der Waals surface area (Å²) >= 11 is 0.